The molecule has 0 unspecified atom stereocenters. The van der Waals surface area contributed by atoms with E-state index in [2.05, 4.69) is 34.3 Å². The molecule has 3 aromatic rings. The fraction of sp³-hybridized carbons (Fsp3) is 0.429. The topological polar surface area (TPSA) is 75.4 Å². The predicted molar refractivity (Wildman–Crippen MR) is 113 cm³/mol. The fourth-order valence-corrected chi connectivity index (χ4v) is 3.89. The Labute approximate surface area is 175 Å². The van der Waals surface area contributed by atoms with E-state index in [1.165, 1.54) is 0 Å². The second-order valence-electron chi connectivity index (χ2n) is 7.77. The van der Waals surface area contributed by atoms with Gasteiger partial charge in [-0.1, -0.05) is 43.6 Å². The first-order valence-electron chi connectivity index (χ1n) is 10.0. The van der Waals surface area contributed by atoms with E-state index in [4.69, 9.17) is 16.7 Å². The van der Waals surface area contributed by atoms with Crippen molar-refractivity contribution in [2.45, 2.75) is 39.2 Å². The summed E-state index contributed by atoms with van der Waals surface area (Å²) in [6.07, 6.45) is 1.82. The number of aromatic nitrogens is 4. The summed E-state index contributed by atoms with van der Waals surface area (Å²) >= 11 is 6.19. The van der Waals surface area contributed by atoms with Gasteiger partial charge in [-0.2, -0.15) is 4.52 Å². The molecule has 1 aromatic carbocycles. The van der Waals surface area contributed by atoms with Crippen LogP contribution in [0.25, 0.3) is 5.65 Å². The van der Waals surface area contributed by atoms with E-state index in [1.807, 2.05) is 36.4 Å². The molecule has 1 atom stereocenters. The van der Waals surface area contributed by atoms with Gasteiger partial charge in [-0.3, -0.25) is 4.79 Å². The summed E-state index contributed by atoms with van der Waals surface area (Å²) < 4.78 is 1.81. The van der Waals surface area contributed by atoms with Gasteiger partial charge in [0, 0.05) is 30.6 Å². The van der Waals surface area contributed by atoms with E-state index in [-0.39, 0.29) is 17.7 Å². The van der Waals surface area contributed by atoms with Crippen LogP contribution in [0.5, 0.6) is 0 Å². The molecule has 0 radical (unpaired) electrons. The van der Waals surface area contributed by atoms with Gasteiger partial charge in [0.2, 0.25) is 5.91 Å². The van der Waals surface area contributed by atoms with Gasteiger partial charge in [-0.05, 0) is 36.6 Å². The van der Waals surface area contributed by atoms with Crippen molar-refractivity contribution in [1.82, 2.24) is 25.1 Å². The van der Waals surface area contributed by atoms with Crippen LogP contribution in [0.4, 0.5) is 5.82 Å². The highest BCUT2D eigenvalue weighted by atomic mass is 35.5. The molecule has 1 N–H and O–H groups in total. The highest BCUT2D eigenvalue weighted by molar-refractivity contribution is 6.31. The van der Waals surface area contributed by atoms with Gasteiger partial charge in [-0.15, -0.1) is 15.3 Å². The Morgan fingerprint density at radius 1 is 1.24 bits per heavy atom. The van der Waals surface area contributed by atoms with Gasteiger partial charge < -0.3 is 10.2 Å². The smallest absolute Gasteiger partial charge is 0.225 e. The minimum absolute atomic E-state index is 0.0582. The molecule has 29 heavy (non-hydrogen) atoms. The number of hydrogen-bond donors (Lipinski definition) is 1. The van der Waals surface area contributed by atoms with E-state index in [0.29, 0.717) is 18.1 Å². The first-order valence-corrected chi connectivity index (χ1v) is 10.4. The van der Waals surface area contributed by atoms with Gasteiger partial charge in [0.05, 0.1) is 5.92 Å². The number of piperidine rings is 1. The molecular weight excluding hydrogens is 388 g/mol. The van der Waals surface area contributed by atoms with Crippen LogP contribution in [0.1, 0.15) is 44.0 Å². The van der Waals surface area contributed by atoms with Crippen molar-refractivity contribution in [1.29, 1.82) is 0 Å². The van der Waals surface area contributed by atoms with Crippen LogP contribution in [0.2, 0.25) is 5.02 Å². The molecule has 2 aromatic heterocycles. The first-order chi connectivity index (χ1) is 14.0. The Balaban J connectivity index is 1.45. The third kappa shape index (κ3) is 4.19. The molecule has 1 amide bonds. The molecule has 8 heteroatoms. The van der Waals surface area contributed by atoms with Crippen molar-refractivity contribution in [3.8, 4) is 0 Å². The number of amides is 1. The minimum atomic E-state index is -0.0748. The summed E-state index contributed by atoms with van der Waals surface area (Å²) in [5.41, 5.74) is 1.67. The van der Waals surface area contributed by atoms with E-state index in [0.717, 1.165) is 42.2 Å². The lowest BCUT2D eigenvalue weighted by molar-refractivity contribution is -0.125. The molecule has 0 spiro atoms. The zero-order valence-corrected chi connectivity index (χ0v) is 17.4. The lowest BCUT2D eigenvalue weighted by Crippen LogP contribution is -2.43. The second kappa shape index (κ2) is 8.37. The number of rotatable bonds is 5. The van der Waals surface area contributed by atoms with Gasteiger partial charge in [0.15, 0.2) is 11.5 Å². The zero-order chi connectivity index (χ0) is 20.4. The molecule has 1 aliphatic rings. The molecule has 1 saturated heterocycles. The van der Waals surface area contributed by atoms with E-state index >= 15 is 0 Å². The SMILES string of the molecule is CC(C)c1nnc2ccc(N3CCC[C@H](C(=O)NCc4ccccc4Cl)C3)nn12. The van der Waals surface area contributed by atoms with Crippen molar-refractivity contribution in [2.24, 2.45) is 5.92 Å². The van der Waals surface area contributed by atoms with E-state index < -0.39 is 0 Å². The maximum Gasteiger partial charge on any atom is 0.225 e. The molecular formula is C21H25ClN6O. The third-order valence-corrected chi connectivity index (χ3v) is 5.69. The molecule has 1 aliphatic heterocycles. The van der Waals surface area contributed by atoms with Crippen LogP contribution < -0.4 is 10.2 Å². The van der Waals surface area contributed by atoms with Crippen molar-refractivity contribution >= 4 is 29.0 Å². The fourth-order valence-electron chi connectivity index (χ4n) is 3.69. The molecule has 152 valence electrons. The Kier molecular flexibility index (Phi) is 5.67. The van der Waals surface area contributed by atoms with Crippen LogP contribution in [0.15, 0.2) is 36.4 Å². The van der Waals surface area contributed by atoms with Crippen LogP contribution in [0, 0.1) is 5.92 Å². The Morgan fingerprint density at radius 3 is 2.86 bits per heavy atom. The maximum absolute atomic E-state index is 12.7. The predicted octanol–water partition coefficient (Wildman–Crippen LogP) is 3.43. The molecule has 0 bridgehead atoms. The lowest BCUT2D eigenvalue weighted by Gasteiger charge is -2.32. The standard InChI is InChI=1S/C21H25ClN6O/c1-14(2)20-25-24-18-9-10-19(26-28(18)20)27-11-5-7-16(13-27)21(29)23-12-15-6-3-4-8-17(15)22/h3-4,6,8-10,14,16H,5,7,11-13H2,1-2H3,(H,23,29)/t16-/m0/s1. The van der Waals surface area contributed by atoms with Gasteiger partial charge in [0.25, 0.3) is 0 Å². The molecule has 3 heterocycles. The number of carbonyl (C=O) groups is 1. The van der Waals surface area contributed by atoms with Crippen LogP contribution in [0.3, 0.4) is 0 Å². The normalized spacial score (nSPS) is 17.1. The third-order valence-electron chi connectivity index (χ3n) is 5.32. The number of fused-ring (bicyclic) bond motifs is 1. The quantitative estimate of drug-likeness (QED) is 0.694. The zero-order valence-electron chi connectivity index (χ0n) is 16.7. The van der Waals surface area contributed by atoms with Crippen molar-refractivity contribution in [2.75, 3.05) is 18.0 Å². The number of nitrogens with zero attached hydrogens (tertiary/aromatic N) is 5. The largest absolute Gasteiger partial charge is 0.354 e. The van der Waals surface area contributed by atoms with Crippen molar-refractivity contribution in [3.63, 3.8) is 0 Å². The maximum atomic E-state index is 12.7. The van der Waals surface area contributed by atoms with Crippen molar-refractivity contribution < 1.29 is 4.79 Å². The van der Waals surface area contributed by atoms with Crippen LogP contribution in [-0.2, 0) is 11.3 Å². The highest BCUT2D eigenvalue weighted by Crippen LogP contribution is 2.23. The first kappa shape index (κ1) is 19.6. The van der Waals surface area contributed by atoms with Crippen molar-refractivity contribution in [3.05, 3.63) is 52.8 Å². The summed E-state index contributed by atoms with van der Waals surface area (Å²) in [5.74, 6) is 1.91. The molecule has 7 nitrogen and oxygen atoms in total. The number of hydrogen-bond acceptors (Lipinski definition) is 5. The van der Waals surface area contributed by atoms with E-state index in [9.17, 15) is 4.79 Å². The number of anilines is 1. The molecule has 4 rings (SSSR count). The average molecular weight is 413 g/mol. The second-order valence-corrected chi connectivity index (χ2v) is 8.18. The Hall–Kier alpha value is -2.67. The van der Waals surface area contributed by atoms with Crippen LogP contribution in [-0.4, -0.2) is 38.8 Å². The average Bonchev–Trinajstić information content (AvgIpc) is 3.16. The monoisotopic (exact) mass is 412 g/mol. The van der Waals surface area contributed by atoms with Gasteiger partial charge in [0.1, 0.15) is 5.82 Å². The number of halogens is 1. The minimum Gasteiger partial charge on any atom is -0.354 e. The summed E-state index contributed by atoms with van der Waals surface area (Å²) in [7, 11) is 0. The van der Waals surface area contributed by atoms with E-state index in [1.54, 1.807) is 4.52 Å². The van der Waals surface area contributed by atoms with Crippen LogP contribution >= 0.6 is 11.6 Å². The molecule has 1 fully saturated rings. The Bertz CT molecular complexity index is 1020. The molecule has 0 saturated carbocycles. The molecule has 0 aliphatic carbocycles. The number of nitrogens with one attached hydrogen (secondary N) is 1. The number of benzene rings is 1. The summed E-state index contributed by atoms with van der Waals surface area (Å²) in [6, 6.07) is 11.5. The summed E-state index contributed by atoms with van der Waals surface area (Å²) in [6.45, 7) is 6.12. The lowest BCUT2D eigenvalue weighted by atomic mass is 9.97. The highest BCUT2D eigenvalue weighted by Gasteiger charge is 2.27. The summed E-state index contributed by atoms with van der Waals surface area (Å²) in [4.78, 5) is 14.9. The van der Waals surface area contributed by atoms with Gasteiger partial charge in [-0.25, -0.2) is 0 Å². The Morgan fingerprint density at radius 2 is 2.07 bits per heavy atom. The van der Waals surface area contributed by atoms with Gasteiger partial charge >= 0.3 is 0 Å². The number of carbonyl (C=O) groups excluding carboxylic acids is 1. The summed E-state index contributed by atoms with van der Waals surface area (Å²) in [5, 5.41) is 16.9.